The van der Waals surface area contributed by atoms with E-state index >= 15 is 0 Å². The van der Waals surface area contributed by atoms with Crippen molar-refractivity contribution in [3.63, 3.8) is 0 Å². The summed E-state index contributed by atoms with van der Waals surface area (Å²) in [7, 11) is 0. The highest BCUT2D eigenvalue weighted by atomic mass is 35.5. The van der Waals surface area contributed by atoms with E-state index in [0.29, 0.717) is 28.6 Å². The fourth-order valence-electron chi connectivity index (χ4n) is 2.25. The zero-order chi connectivity index (χ0) is 14.0. The molecule has 1 aromatic carbocycles. The Kier molecular flexibility index (Phi) is 4.32. The molecule has 2 rings (SSSR count). The molecule has 0 saturated carbocycles. The number of likely N-dealkylation sites (tertiary alicyclic amines) is 1. The largest absolute Gasteiger partial charge is 0.480 e. The number of nitrogens with zero attached hydrogens (tertiary/aromatic N) is 1. The van der Waals surface area contributed by atoms with Crippen molar-refractivity contribution in [1.82, 2.24) is 4.90 Å². The van der Waals surface area contributed by atoms with Gasteiger partial charge in [-0.25, -0.2) is 4.79 Å². The Hall–Kier alpha value is -1.26. The first-order chi connectivity index (χ1) is 8.99. The van der Waals surface area contributed by atoms with Crippen molar-refractivity contribution in [3.8, 4) is 0 Å². The number of carbonyl (C=O) groups excluding carboxylic acids is 1. The molecule has 1 aliphatic heterocycles. The summed E-state index contributed by atoms with van der Waals surface area (Å²) in [5, 5.41) is 9.98. The second-order valence-corrected chi connectivity index (χ2v) is 5.34. The fraction of sp³-hybridized carbons (Fsp3) is 0.385. The highest BCUT2D eigenvalue weighted by Gasteiger charge is 2.33. The van der Waals surface area contributed by atoms with E-state index in [1.807, 2.05) is 0 Å². The van der Waals surface area contributed by atoms with Crippen molar-refractivity contribution in [2.75, 3.05) is 6.54 Å². The van der Waals surface area contributed by atoms with Gasteiger partial charge in [0, 0.05) is 16.6 Å². The van der Waals surface area contributed by atoms with Crippen LogP contribution in [0.4, 0.5) is 0 Å². The van der Waals surface area contributed by atoms with Crippen molar-refractivity contribution >= 4 is 35.1 Å². The lowest BCUT2D eigenvalue weighted by Gasteiger charge is -2.21. The number of carboxylic acids is 1. The molecular formula is C13H13Cl2NO3. The van der Waals surface area contributed by atoms with E-state index in [9.17, 15) is 9.59 Å². The summed E-state index contributed by atoms with van der Waals surface area (Å²) in [6.07, 6.45) is 1.33. The number of rotatable bonds is 3. The Bertz CT molecular complexity index is 519. The molecule has 1 aliphatic rings. The highest BCUT2D eigenvalue weighted by molar-refractivity contribution is 6.35. The van der Waals surface area contributed by atoms with Crippen LogP contribution < -0.4 is 0 Å². The molecule has 1 fully saturated rings. The first kappa shape index (κ1) is 14.2. The summed E-state index contributed by atoms with van der Waals surface area (Å²) in [6.45, 7) is 0.487. The summed E-state index contributed by atoms with van der Waals surface area (Å²) < 4.78 is 0. The van der Waals surface area contributed by atoms with Gasteiger partial charge in [-0.2, -0.15) is 0 Å². The van der Waals surface area contributed by atoms with Crippen LogP contribution in [0.2, 0.25) is 10.0 Å². The molecule has 0 bridgehead atoms. The van der Waals surface area contributed by atoms with Crippen LogP contribution in [0.5, 0.6) is 0 Å². The third-order valence-corrected chi connectivity index (χ3v) is 3.80. The van der Waals surface area contributed by atoms with Crippen LogP contribution in [-0.2, 0) is 16.0 Å². The standard InChI is InChI=1S/C13H13Cl2NO3/c14-9-4-3-8(10(15)7-9)6-12(17)16-5-1-2-11(16)13(18)19/h3-4,7,11H,1-2,5-6H2,(H,18,19)/t11-/m0/s1. The summed E-state index contributed by atoms with van der Waals surface area (Å²) in [5.41, 5.74) is 0.659. The van der Waals surface area contributed by atoms with Crippen LogP contribution in [0.25, 0.3) is 0 Å². The number of amides is 1. The highest BCUT2D eigenvalue weighted by Crippen LogP contribution is 2.24. The Morgan fingerprint density at radius 1 is 1.37 bits per heavy atom. The lowest BCUT2D eigenvalue weighted by Crippen LogP contribution is -2.41. The average Bonchev–Trinajstić information content (AvgIpc) is 2.82. The topological polar surface area (TPSA) is 57.6 Å². The molecule has 6 heteroatoms. The number of hydrogen-bond acceptors (Lipinski definition) is 2. The van der Waals surface area contributed by atoms with Gasteiger partial charge in [0.05, 0.1) is 6.42 Å². The van der Waals surface area contributed by atoms with E-state index in [-0.39, 0.29) is 12.3 Å². The smallest absolute Gasteiger partial charge is 0.326 e. The molecule has 1 saturated heterocycles. The quantitative estimate of drug-likeness (QED) is 0.933. The average molecular weight is 302 g/mol. The van der Waals surface area contributed by atoms with Crippen molar-refractivity contribution in [3.05, 3.63) is 33.8 Å². The van der Waals surface area contributed by atoms with E-state index in [1.165, 1.54) is 4.90 Å². The van der Waals surface area contributed by atoms with Gasteiger partial charge in [0.1, 0.15) is 6.04 Å². The molecule has 102 valence electrons. The van der Waals surface area contributed by atoms with Crippen LogP contribution >= 0.6 is 23.2 Å². The molecule has 1 N–H and O–H groups in total. The van der Waals surface area contributed by atoms with Crippen LogP contribution in [0.3, 0.4) is 0 Å². The van der Waals surface area contributed by atoms with Crippen molar-refractivity contribution in [2.45, 2.75) is 25.3 Å². The second-order valence-electron chi connectivity index (χ2n) is 4.50. The zero-order valence-corrected chi connectivity index (χ0v) is 11.6. The van der Waals surface area contributed by atoms with Crippen LogP contribution in [0.15, 0.2) is 18.2 Å². The van der Waals surface area contributed by atoms with Gasteiger partial charge in [0.15, 0.2) is 0 Å². The molecule has 0 spiro atoms. The summed E-state index contributed by atoms with van der Waals surface area (Å²) in [6, 6.07) is 4.21. The fourth-order valence-corrected chi connectivity index (χ4v) is 2.73. The molecule has 0 aromatic heterocycles. The SMILES string of the molecule is O=C(O)[C@@H]1CCCN1C(=O)Cc1ccc(Cl)cc1Cl. The summed E-state index contributed by atoms with van der Waals surface area (Å²) >= 11 is 11.8. The van der Waals surface area contributed by atoms with Gasteiger partial charge in [0.25, 0.3) is 0 Å². The molecule has 4 nitrogen and oxygen atoms in total. The number of carboxylic acid groups (broad SMARTS) is 1. The van der Waals surface area contributed by atoms with Gasteiger partial charge < -0.3 is 10.0 Å². The predicted molar refractivity (Wildman–Crippen MR) is 72.5 cm³/mol. The molecule has 0 radical (unpaired) electrons. The number of halogens is 2. The van der Waals surface area contributed by atoms with Crippen LogP contribution in [-0.4, -0.2) is 34.5 Å². The number of hydrogen-bond donors (Lipinski definition) is 1. The molecule has 1 aromatic rings. The minimum atomic E-state index is -0.951. The molecular weight excluding hydrogens is 289 g/mol. The van der Waals surface area contributed by atoms with Crippen molar-refractivity contribution in [1.29, 1.82) is 0 Å². The van der Waals surface area contributed by atoms with Gasteiger partial charge in [-0.3, -0.25) is 4.79 Å². The van der Waals surface area contributed by atoms with Gasteiger partial charge in [-0.15, -0.1) is 0 Å². The van der Waals surface area contributed by atoms with Gasteiger partial charge in [-0.1, -0.05) is 29.3 Å². The van der Waals surface area contributed by atoms with Crippen LogP contribution in [0, 0.1) is 0 Å². The van der Waals surface area contributed by atoms with Gasteiger partial charge in [-0.05, 0) is 30.5 Å². The normalized spacial score (nSPS) is 18.6. The Balaban J connectivity index is 2.10. The summed E-state index contributed by atoms with van der Waals surface area (Å²) in [4.78, 5) is 24.6. The van der Waals surface area contributed by atoms with E-state index in [1.54, 1.807) is 18.2 Å². The number of aliphatic carboxylic acids is 1. The third kappa shape index (κ3) is 3.19. The number of benzene rings is 1. The predicted octanol–water partition coefficient (Wildman–Crippen LogP) is 2.61. The van der Waals surface area contributed by atoms with E-state index in [2.05, 4.69) is 0 Å². The molecule has 1 heterocycles. The lowest BCUT2D eigenvalue weighted by atomic mass is 10.1. The molecule has 1 atom stereocenters. The Labute approximate surface area is 120 Å². The summed E-state index contributed by atoms with van der Waals surface area (Å²) in [5.74, 6) is -1.16. The zero-order valence-electron chi connectivity index (χ0n) is 10.1. The first-order valence-electron chi connectivity index (χ1n) is 5.95. The Morgan fingerprint density at radius 3 is 2.74 bits per heavy atom. The van der Waals surface area contributed by atoms with Crippen molar-refractivity contribution in [2.24, 2.45) is 0 Å². The maximum atomic E-state index is 12.1. The minimum Gasteiger partial charge on any atom is -0.480 e. The van der Waals surface area contributed by atoms with Gasteiger partial charge >= 0.3 is 5.97 Å². The molecule has 0 aliphatic carbocycles. The van der Waals surface area contributed by atoms with E-state index in [0.717, 1.165) is 6.42 Å². The van der Waals surface area contributed by atoms with E-state index in [4.69, 9.17) is 28.3 Å². The maximum Gasteiger partial charge on any atom is 0.326 e. The molecule has 19 heavy (non-hydrogen) atoms. The van der Waals surface area contributed by atoms with Crippen molar-refractivity contribution < 1.29 is 14.7 Å². The lowest BCUT2D eigenvalue weighted by molar-refractivity contribution is -0.148. The molecule has 1 amide bonds. The maximum absolute atomic E-state index is 12.1. The first-order valence-corrected chi connectivity index (χ1v) is 6.71. The van der Waals surface area contributed by atoms with Crippen LogP contribution in [0.1, 0.15) is 18.4 Å². The van der Waals surface area contributed by atoms with E-state index < -0.39 is 12.0 Å². The third-order valence-electron chi connectivity index (χ3n) is 3.21. The second kappa shape index (κ2) is 5.80. The van der Waals surface area contributed by atoms with Gasteiger partial charge in [0.2, 0.25) is 5.91 Å². The Morgan fingerprint density at radius 2 is 2.11 bits per heavy atom. The number of carbonyl (C=O) groups is 2. The minimum absolute atomic E-state index is 0.0970. The molecule has 0 unspecified atom stereocenters. The monoisotopic (exact) mass is 301 g/mol.